The SMILES string of the molecule is Cc1cccc(-c2cc(-c3cc(-c4ccccc4)cc(-c4ccccc4)c3)nc(-c3cc(-c4ccccc4)cc(-c4ccccc4)c3)c2)c1. The molecule has 0 aliphatic carbocycles. The first-order valence-corrected chi connectivity index (χ1v) is 16.8. The van der Waals surface area contributed by atoms with Gasteiger partial charge in [0.2, 0.25) is 0 Å². The number of aromatic nitrogens is 1. The highest BCUT2D eigenvalue weighted by molar-refractivity contribution is 5.85. The van der Waals surface area contributed by atoms with E-state index in [1.807, 2.05) is 0 Å². The Labute approximate surface area is 288 Å². The van der Waals surface area contributed by atoms with Crippen molar-refractivity contribution in [2.75, 3.05) is 0 Å². The molecular weight excluding hydrogens is 591 g/mol. The summed E-state index contributed by atoms with van der Waals surface area (Å²) in [5.41, 5.74) is 17.0. The Bertz CT molecular complexity index is 2100. The minimum Gasteiger partial charge on any atom is -0.248 e. The highest BCUT2D eigenvalue weighted by atomic mass is 14.7. The van der Waals surface area contributed by atoms with E-state index in [2.05, 4.69) is 201 Å². The maximum absolute atomic E-state index is 5.46. The molecule has 232 valence electrons. The van der Waals surface area contributed by atoms with Crippen molar-refractivity contribution in [2.45, 2.75) is 6.92 Å². The number of aryl methyl sites for hydroxylation is 1. The third-order valence-electron chi connectivity index (χ3n) is 9.06. The quantitative estimate of drug-likeness (QED) is 0.172. The predicted molar refractivity (Wildman–Crippen MR) is 207 cm³/mol. The van der Waals surface area contributed by atoms with Gasteiger partial charge in [-0.15, -0.1) is 0 Å². The van der Waals surface area contributed by atoms with Crippen LogP contribution in [0.25, 0.3) is 78.1 Å². The van der Waals surface area contributed by atoms with Crippen molar-refractivity contribution in [1.82, 2.24) is 4.98 Å². The zero-order valence-electron chi connectivity index (χ0n) is 27.4. The highest BCUT2D eigenvalue weighted by Crippen LogP contribution is 2.38. The lowest BCUT2D eigenvalue weighted by atomic mass is 9.92. The number of pyridine rings is 1. The van der Waals surface area contributed by atoms with Crippen LogP contribution in [0.3, 0.4) is 0 Å². The van der Waals surface area contributed by atoms with Crippen LogP contribution in [-0.2, 0) is 0 Å². The molecule has 0 atom stereocenters. The third kappa shape index (κ3) is 6.61. The molecule has 1 heteroatoms. The molecular formula is C48H35N. The van der Waals surface area contributed by atoms with Gasteiger partial charge in [0, 0.05) is 11.1 Å². The van der Waals surface area contributed by atoms with Crippen LogP contribution in [-0.4, -0.2) is 4.98 Å². The van der Waals surface area contributed by atoms with E-state index in [4.69, 9.17) is 4.98 Å². The van der Waals surface area contributed by atoms with E-state index >= 15 is 0 Å². The topological polar surface area (TPSA) is 12.9 Å². The maximum atomic E-state index is 5.46. The van der Waals surface area contributed by atoms with Crippen LogP contribution in [0, 0.1) is 6.92 Å². The summed E-state index contributed by atoms with van der Waals surface area (Å²) >= 11 is 0. The van der Waals surface area contributed by atoms with Crippen molar-refractivity contribution in [3.63, 3.8) is 0 Å². The molecule has 0 unspecified atom stereocenters. The molecule has 1 heterocycles. The molecule has 0 saturated carbocycles. The van der Waals surface area contributed by atoms with Gasteiger partial charge in [0.05, 0.1) is 11.4 Å². The second kappa shape index (κ2) is 13.4. The molecule has 0 aliphatic rings. The van der Waals surface area contributed by atoms with E-state index in [1.54, 1.807) is 0 Å². The highest BCUT2D eigenvalue weighted by Gasteiger charge is 2.15. The fourth-order valence-corrected chi connectivity index (χ4v) is 6.56. The lowest BCUT2D eigenvalue weighted by Gasteiger charge is -2.15. The van der Waals surface area contributed by atoms with Crippen LogP contribution < -0.4 is 0 Å². The number of hydrogen-bond donors (Lipinski definition) is 0. The van der Waals surface area contributed by atoms with E-state index in [9.17, 15) is 0 Å². The first-order valence-electron chi connectivity index (χ1n) is 16.8. The van der Waals surface area contributed by atoms with E-state index in [0.29, 0.717) is 0 Å². The first kappa shape index (κ1) is 30.1. The van der Waals surface area contributed by atoms with Crippen LogP contribution >= 0.6 is 0 Å². The largest absolute Gasteiger partial charge is 0.248 e. The van der Waals surface area contributed by atoms with Gasteiger partial charge in [-0.3, -0.25) is 0 Å². The van der Waals surface area contributed by atoms with Crippen LogP contribution in [0.2, 0.25) is 0 Å². The fourth-order valence-electron chi connectivity index (χ4n) is 6.56. The Morgan fingerprint density at radius 2 is 0.551 bits per heavy atom. The van der Waals surface area contributed by atoms with Gasteiger partial charge in [-0.25, -0.2) is 4.98 Å². The van der Waals surface area contributed by atoms with Crippen LogP contribution in [0.4, 0.5) is 0 Å². The molecule has 0 amide bonds. The number of rotatable bonds is 7. The van der Waals surface area contributed by atoms with E-state index in [-0.39, 0.29) is 0 Å². The molecule has 8 rings (SSSR count). The molecule has 49 heavy (non-hydrogen) atoms. The summed E-state index contributed by atoms with van der Waals surface area (Å²) in [4.78, 5) is 5.46. The molecule has 0 fully saturated rings. The predicted octanol–water partition coefficient (Wildman–Crippen LogP) is 13.1. The van der Waals surface area contributed by atoms with Crippen molar-refractivity contribution >= 4 is 0 Å². The fraction of sp³-hybridized carbons (Fsp3) is 0.0208. The average molecular weight is 626 g/mol. The summed E-state index contributed by atoms with van der Waals surface area (Å²) in [7, 11) is 0. The van der Waals surface area contributed by atoms with Crippen molar-refractivity contribution < 1.29 is 0 Å². The second-order valence-electron chi connectivity index (χ2n) is 12.6. The molecule has 0 radical (unpaired) electrons. The summed E-state index contributed by atoms with van der Waals surface area (Å²) in [6, 6.07) is 69.4. The summed E-state index contributed by atoms with van der Waals surface area (Å²) in [6.07, 6.45) is 0. The van der Waals surface area contributed by atoms with Gasteiger partial charge in [0.15, 0.2) is 0 Å². The van der Waals surface area contributed by atoms with E-state index in [0.717, 1.165) is 28.1 Å². The summed E-state index contributed by atoms with van der Waals surface area (Å²) in [5.74, 6) is 0. The molecule has 0 bridgehead atoms. The third-order valence-corrected chi connectivity index (χ3v) is 9.06. The Balaban J connectivity index is 1.37. The van der Waals surface area contributed by atoms with E-state index in [1.165, 1.54) is 55.6 Å². The Hall–Kier alpha value is -6.31. The first-order chi connectivity index (χ1) is 24.2. The van der Waals surface area contributed by atoms with Crippen LogP contribution in [0.15, 0.2) is 194 Å². The van der Waals surface area contributed by atoms with Crippen molar-refractivity contribution in [2.24, 2.45) is 0 Å². The van der Waals surface area contributed by atoms with Crippen molar-refractivity contribution in [3.05, 3.63) is 200 Å². The molecule has 7 aromatic carbocycles. The summed E-state index contributed by atoms with van der Waals surface area (Å²) in [6.45, 7) is 2.15. The van der Waals surface area contributed by atoms with Gasteiger partial charge in [-0.05, 0) is 111 Å². The van der Waals surface area contributed by atoms with Gasteiger partial charge in [-0.2, -0.15) is 0 Å². The molecule has 0 aliphatic heterocycles. The van der Waals surface area contributed by atoms with Crippen molar-refractivity contribution in [3.8, 4) is 78.1 Å². The Kier molecular flexibility index (Phi) is 8.24. The number of nitrogens with zero attached hydrogens (tertiary/aromatic N) is 1. The number of benzene rings is 7. The molecule has 1 aromatic heterocycles. The zero-order valence-corrected chi connectivity index (χ0v) is 27.4. The molecule has 8 aromatic rings. The zero-order chi connectivity index (χ0) is 33.0. The summed E-state index contributed by atoms with van der Waals surface area (Å²) in [5, 5.41) is 0. The molecule has 0 spiro atoms. The summed E-state index contributed by atoms with van der Waals surface area (Å²) < 4.78 is 0. The minimum atomic E-state index is 0.940. The van der Waals surface area contributed by atoms with Crippen LogP contribution in [0.1, 0.15) is 5.56 Å². The van der Waals surface area contributed by atoms with Crippen molar-refractivity contribution in [1.29, 1.82) is 0 Å². The van der Waals surface area contributed by atoms with Crippen LogP contribution in [0.5, 0.6) is 0 Å². The standard InChI is InChI=1S/C48H35N/c1-34-15-14-24-39(25-34)44-32-47(45-28-40(35-16-6-2-7-17-35)26-41(29-45)36-18-8-3-9-19-36)49-48(33-44)46-30-42(37-20-10-4-11-21-37)27-43(31-46)38-22-12-5-13-23-38/h2-33H,1H3. The smallest absolute Gasteiger partial charge is 0.0716 e. The van der Waals surface area contributed by atoms with E-state index < -0.39 is 0 Å². The van der Waals surface area contributed by atoms with Gasteiger partial charge in [0.1, 0.15) is 0 Å². The van der Waals surface area contributed by atoms with Gasteiger partial charge >= 0.3 is 0 Å². The average Bonchev–Trinajstić information content (AvgIpc) is 3.19. The van der Waals surface area contributed by atoms with Gasteiger partial charge in [-0.1, -0.05) is 151 Å². The van der Waals surface area contributed by atoms with Gasteiger partial charge < -0.3 is 0 Å². The molecule has 0 N–H and O–H groups in total. The minimum absolute atomic E-state index is 0.940. The maximum Gasteiger partial charge on any atom is 0.0716 e. The molecule has 0 saturated heterocycles. The number of hydrogen-bond acceptors (Lipinski definition) is 1. The monoisotopic (exact) mass is 625 g/mol. The Morgan fingerprint density at radius 1 is 0.245 bits per heavy atom. The normalized spacial score (nSPS) is 11.0. The second-order valence-corrected chi connectivity index (χ2v) is 12.6. The lowest BCUT2D eigenvalue weighted by Crippen LogP contribution is -1.94. The van der Waals surface area contributed by atoms with Gasteiger partial charge in [0.25, 0.3) is 0 Å². The Morgan fingerprint density at radius 3 is 0.898 bits per heavy atom. The molecule has 1 nitrogen and oxygen atoms in total. The lowest BCUT2D eigenvalue weighted by molar-refractivity contribution is 1.32.